The van der Waals surface area contributed by atoms with Gasteiger partial charge in [-0.3, -0.25) is 19.3 Å². The van der Waals surface area contributed by atoms with Crippen LogP contribution < -0.4 is 19.9 Å². The molecular formula is C22H21N2O7-. The molecular weight excluding hydrogens is 404 g/mol. The van der Waals surface area contributed by atoms with E-state index < -0.39 is 17.8 Å². The van der Waals surface area contributed by atoms with E-state index in [9.17, 15) is 24.3 Å². The zero-order valence-corrected chi connectivity index (χ0v) is 17.3. The number of nitrogens with one attached hydrogen (secondary N) is 1. The predicted octanol–water partition coefficient (Wildman–Crippen LogP) is 1.72. The number of carbonyl (C=O) groups is 4. The van der Waals surface area contributed by atoms with Crippen molar-refractivity contribution in [2.24, 2.45) is 0 Å². The number of carbonyl (C=O) groups excluding carboxylic acids is 4. The van der Waals surface area contributed by atoms with E-state index >= 15 is 0 Å². The van der Waals surface area contributed by atoms with Gasteiger partial charge in [-0.1, -0.05) is 13.3 Å². The van der Waals surface area contributed by atoms with Gasteiger partial charge in [-0.05, 0) is 30.7 Å². The van der Waals surface area contributed by atoms with Crippen molar-refractivity contribution in [3.8, 4) is 11.5 Å². The summed E-state index contributed by atoms with van der Waals surface area (Å²) in [5.41, 5.74) is 0.107. The van der Waals surface area contributed by atoms with E-state index in [0.717, 1.165) is 6.42 Å². The van der Waals surface area contributed by atoms with Crippen molar-refractivity contribution in [1.82, 2.24) is 4.90 Å². The third kappa shape index (κ3) is 4.07. The SMILES string of the molecule is CCCCN1C(=O)c2ccc(C(=O)Nc3cc(OC)c(OC)cc3C(=O)[O-])cc2C1=O. The first-order valence-electron chi connectivity index (χ1n) is 9.61. The van der Waals surface area contributed by atoms with Crippen LogP contribution in [0.4, 0.5) is 5.69 Å². The van der Waals surface area contributed by atoms with E-state index in [-0.39, 0.29) is 45.3 Å². The Labute approximate surface area is 178 Å². The van der Waals surface area contributed by atoms with E-state index in [1.807, 2.05) is 6.92 Å². The number of anilines is 1. The standard InChI is InChI=1S/C22H22N2O7/c1-4-5-8-24-20(26)13-7-6-12(9-14(13)21(24)27)19(25)23-16-11-18(31-3)17(30-2)10-15(16)22(28)29/h6-7,9-11H,4-5,8H2,1-3H3,(H,23,25)(H,28,29)/p-1. The summed E-state index contributed by atoms with van der Waals surface area (Å²) in [5, 5.41) is 14.0. The lowest BCUT2D eigenvalue weighted by molar-refractivity contribution is -0.254. The number of hydrogen-bond donors (Lipinski definition) is 1. The number of methoxy groups -OCH3 is 2. The minimum Gasteiger partial charge on any atom is -0.545 e. The highest BCUT2D eigenvalue weighted by Gasteiger charge is 2.35. The zero-order chi connectivity index (χ0) is 22.7. The van der Waals surface area contributed by atoms with Crippen LogP contribution in [0, 0.1) is 0 Å². The van der Waals surface area contributed by atoms with Gasteiger partial charge in [0.15, 0.2) is 11.5 Å². The number of ether oxygens (including phenoxy) is 2. The van der Waals surface area contributed by atoms with Gasteiger partial charge in [-0.25, -0.2) is 0 Å². The van der Waals surface area contributed by atoms with Crippen molar-refractivity contribution in [2.45, 2.75) is 19.8 Å². The maximum absolute atomic E-state index is 12.8. The molecule has 9 heteroatoms. The summed E-state index contributed by atoms with van der Waals surface area (Å²) in [6.07, 6.45) is 1.51. The lowest BCUT2D eigenvalue weighted by atomic mass is 10.0. The van der Waals surface area contributed by atoms with Crippen molar-refractivity contribution in [3.63, 3.8) is 0 Å². The topological polar surface area (TPSA) is 125 Å². The van der Waals surface area contributed by atoms with Crippen molar-refractivity contribution in [3.05, 3.63) is 52.6 Å². The number of hydrogen-bond acceptors (Lipinski definition) is 7. The van der Waals surface area contributed by atoms with Crippen LogP contribution in [0.25, 0.3) is 0 Å². The fourth-order valence-corrected chi connectivity index (χ4v) is 3.30. The molecule has 1 heterocycles. The first-order valence-corrected chi connectivity index (χ1v) is 9.61. The molecule has 1 aliphatic heterocycles. The minimum absolute atomic E-state index is 0.0601. The summed E-state index contributed by atoms with van der Waals surface area (Å²) >= 11 is 0. The Bertz CT molecular complexity index is 1080. The van der Waals surface area contributed by atoms with Crippen LogP contribution in [0.15, 0.2) is 30.3 Å². The van der Waals surface area contributed by atoms with Crippen molar-refractivity contribution in [1.29, 1.82) is 0 Å². The summed E-state index contributed by atoms with van der Waals surface area (Å²) in [6, 6.07) is 6.64. The number of amides is 3. The Balaban J connectivity index is 1.91. The van der Waals surface area contributed by atoms with E-state index in [2.05, 4.69) is 5.32 Å². The van der Waals surface area contributed by atoms with Gasteiger partial charge in [0, 0.05) is 23.7 Å². The molecule has 0 fully saturated rings. The molecule has 0 aliphatic carbocycles. The van der Waals surface area contributed by atoms with Crippen molar-refractivity contribution < 1.29 is 33.8 Å². The van der Waals surface area contributed by atoms with E-state index in [1.165, 1.54) is 49.5 Å². The highest BCUT2D eigenvalue weighted by Crippen LogP contribution is 2.33. The second kappa shape index (κ2) is 8.86. The van der Waals surface area contributed by atoms with E-state index in [1.54, 1.807) is 0 Å². The van der Waals surface area contributed by atoms with Gasteiger partial charge < -0.3 is 24.7 Å². The molecule has 0 aromatic heterocycles. The maximum Gasteiger partial charge on any atom is 0.261 e. The van der Waals surface area contributed by atoms with Crippen molar-refractivity contribution in [2.75, 3.05) is 26.1 Å². The molecule has 3 amide bonds. The molecule has 0 atom stereocenters. The number of benzene rings is 2. The maximum atomic E-state index is 12.8. The average Bonchev–Trinajstić information content (AvgIpc) is 3.00. The molecule has 0 radical (unpaired) electrons. The highest BCUT2D eigenvalue weighted by molar-refractivity contribution is 6.22. The molecule has 1 aliphatic rings. The van der Waals surface area contributed by atoms with Crippen LogP contribution >= 0.6 is 0 Å². The molecule has 1 N–H and O–H groups in total. The first kappa shape index (κ1) is 21.8. The van der Waals surface area contributed by atoms with Gasteiger partial charge in [0.05, 0.1) is 37.0 Å². The normalized spacial score (nSPS) is 12.5. The smallest absolute Gasteiger partial charge is 0.261 e. The summed E-state index contributed by atoms with van der Waals surface area (Å²) in [7, 11) is 2.72. The molecule has 2 aromatic carbocycles. The molecule has 2 aromatic rings. The van der Waals surface area contributed by atoms with Crippen LogP contribution in [0.1, 0.15) is 61.2 Å². The van der Waals surface area contributed by atoms with E-state index in [0.29, 0.717) is 13.0 Å². The summed E-state index contributed by atoms with van der Waals surface area (Å²) in [6.45, 7) is 2.26. The molecule has 162 valence electrons. The average molecular weight is 425 g/mol. The van der Waals surface area contributed by atoms with E-state index in [4.69, 9.17) is 9.47 Å². The lowest BCUT2D eigenvalue weighted by Gasteiger charge is -2.16. The number of carboxylic acid groups (broad SMARTS) is 1. The van der Waals surface area contributed by atoms with Crippen LogP contribution in [-0.4, -0.2) is 49.4 Å². The molecule has 0 unspecified atom stereocenters. The molecule has 0 saturated carbocycles. The minimum atomic E-state index is -1.52. The Morgan fingerprint density at radius 1 is 1.00 bits per heavy atom. The largest absolute Gasteiger partial charge is 0.545 e. The Morgan fingerprint density at radius 2 is 1.65 bits per heavy atom. The third-order valence-corrected chi connectivity index (χ3v) is 4.96. The van der Waals surface area contributed by atoms with Gasteiger partial charge in [-0.15, -0.1) is 0 Å². The Hall–Kier alpha value is -3.88. The zero-order valence-electron chi connectivity index (χ0n) is 17.3. The van der Waals surface area contributed by atoms with Crippen LogP contribution in [0.2, 0.25) is 0 Å². The number of unbranched alkanes of at least 4 members (excludes halogenated alkanes) is 1. The Morgan fingerprint density at radius 3 is 2.26 bits per heavy atom. The number of carboxylic acids is 1. The first-order chi connectivity index (χ1) is 14.8. The summed E-state index contributed by atoms with van der Waals surface area (Å²) in [5.74, 6) is -2.65. The second-order valence-corrected chi connectivity index (χ2v) is 6.87. The number of aromatic carboxylic acids is 1. The van der Waals surface area contributed by atoms with Gasteiger partial charge in [0.2, 0.25) is 0 Å². The molecule has 9 nitrogen and oxygen atoms in total. The third-order valence-electron chi connectivity index (χ3n) is 4.96. The molecule has 0 saturated heterocycles. The molecule has 0 bridgehead atoms. The fourth-order valence-electron chi connectivity index (χ4n) is 3.30. The second-order valence-electron chi connectivity index (χ2n) is 6.87. The van der Waals surface area contributed by atoms with Gasteiger partial charge in [0.25, 0.3) is 17.7 Å². The summed E-state index contributed by atoms with van der Waals surface area (Å²) in [4.78, 5) is 50.5. The van der Waals surface area contributed by atoms with Gasteiger partial charge in [0.1, 0.15) is 0 Å². The summed E-state index contributed by atoms with van der Waals surface area (Å²) < 4.78 is 10.2. The number of nitrogens with zero attached hydrogens (tertiary/aromatic N) is 1. The number of rotatable bonds is 8. The molecule has 31 heavy (non-hydrogen) atoms. The van der Waals surface area contributed by atoms with Crippen LogP contribution in [0.5, 0.6) is 11.5 Å². The predicted molar refractivity (Wildman–Crippen MR) is 109 cm³/mol. The van der Waals surface area contributed by atoms with Gasteiger partial charge >= 0.3 is 0 Å². The Kier molecular flexibility index (Phi) is 6.24. The highest BCUT2D eigenvalue weighted by atomic mass is 16.5. The van der Waals surface area contributed by atoms with Crippen LogP contribution in [0.3, 0.4) is 0 Å². The quantitative estimate of drug-likeness (QED) is 0.638. The fraction of sp³-hybridized carbons (Fsp3) is 0.273. The monoisotopic (exact) mass is 425 g/mol. The van der Waals surface area contributed by atoms with Crippen LogP contribution in [-0.2, 0) is 0 Å². The lowest BCUT2D eigenvalue weighted by Crippen LogP contribution is -2.30. The van der Waals surface area contributed by atoms with Gasteiger partial charge in [-0.2, -0.15) is 0 Å². The van der Waals surface area contributed by atoms with Crippen molar-refractivity contribution >= 4 is 29.4 Å². The molecule has 0 spiro atoms. The number of imide groups is 1. The number of fused-ring (bicyclic) bond motifs is 1. The molecule has 3 rings (SSSR count).